The van der Waals surface area contributed by atoms with Crippen LogP contribution in [-0.4, -0.2) is 65.5 Å². The number of ether oxygens (including phenoxy) is 2. The number of aromatic nitrogens is 4. The fourth-order valence-corrected chi connectivity index (χ4v) is 4.79. The molecule has 186 valence electrons. The lowest BCUT2D eigenvalue weighted by Crippen LogP contribution is -2.48. The molecule has 2 heterocycles. The van der Waals surface area contributed by atoms with Crippen LogP contribution in [0.2, 0.25) is 0 Å². The van der Waals surface area contributed by atoms with E-state index in [2.05, 4.69) is 37.5 Å². The number of rotatable bonds is 8. The zero-order valence-electron chi connectivity index (χ0n) is 20.4. The Hall–Kier alpha value is -3.98. The third-order valence-corrected chi connectivity index (χ3v) is 6.59. The Balaban J connectivity index is 1.46. The zero-order valence-corrected chi connectivity index (χ0v) is 20.4. The number of piperazine rings is 1. The third kappa shape index (κ3) is 4.87. The molecule has 36 heavy (non-hydrogen) atoms. The molecule has 9 heteroatoms. The van der Waals surface area contributed by atoms with Crippen LogP contribution in [0, 0.1) is 5.82 Å². The minimum atomic E-state index is -0.268. The van der Waals surface area contributed by atoms with Gasteiger partial charge in [0.1, 0.15) is 23.4 Å². The topological polar surface area (TPSA) is 68.5 Å². The second-order valence-corrected chi connectivity index (χ2v) is 8.66. The van der Waals surface area contributed by atoms with Crippen LogP contribution in [0.3, 0.4) is 0 Å². The number of para-hydroxylation sites is 3. The van der Waals surface area contributed by atoms with Gasteiger partial charge in [-0.05, 0) is 46.3 Å². The Morgan fingerprint density at radius 3 is 2.22 bits per heavy atom. The van der Waals surface area contributed by atoms with Gasteiger partial charge in [-0.15, -0.1) is 5.10 Å². The molecule has 1 aliphatic rings. The van der Waals surface area contributed by atoms with Crippen molar-refractivity contribution in [2.75, 3.05) is 45.3 Å². The number of halogens is 1. The van der Waals surface area contributed by atoms with Crippen molar-refractivity contribution in [3.05, 3.63) is 95.6 Å². The monoisotopic (exact) mass is 488 g/mol. The van der Waals surface area contributed by atoms with Gasteiger partial charge in [-0.1, -0.05) is 42.5 Å². The predicted molar refractivity (Wildman–Crippen MR) is 135 cm³/mol. The van der Waals surface area contributed by atoms with Crippen LogP contribution < -0.4 is 14.4 Å². The van der Waals surface area contributed by atoms with Crippen LogP contribution in [0.5, 0.6) is 11.5 Å². The quantitative estimate of drug-likeness (QED) is 0.374. The highest BCUT2D eigenvalue weighted by Crippen LogP contribution is 2.36. The molecule has 1 fully saturated rings. The van der Waals surface area contributed by atoms with Crippen molar-refractivity contribution in [1.29, 1.82) is 0 Å². The van der Waals surface area contributed by atoms with Crippen molar-refractivity contribution in [2.45, 2.75) is 12.6 Å². The summed E-state index contributed by atoms with van der Waals surface area (Å²) in [5.41, 5.74) is 3.01. The van der Waals surface area contributed by atoms with Gasteiger partial charge in [0.05, 0.1) is 26.5 Å². The SMILES string of the molecule is COc1ccccc1[C@@H](c1nnnn1Cc1ccc(F)cc1)N1CCN(c2ccccc2OC)CC1. The first-order chi connectivity index (χ1) is 17.7. The largest absolute Gasteiger partial charge is 0.496 e. The first-order valence-corrected chi connectivity index (χ1v) is 11.9. The van der Waals surface area contributed by atoms with Crippen LogP contribution in [0.15, 0.2) is 72.8 Å². The van der Waals surface area contributed by atoms with Crippen molar-refractivity contribution >= 4 is 5.69 Å². The van der Waals surface area contributed by atoms with E-state index in [1.165, 1.54) is 12.1 Å². The van der Waals surface area contributed by atoms with Crippen LogP contribution in [0.25, 0.3) is 0 Å². The van der Waals surface area contributed by atoms with E-state index in [9.17, 15) is 4.39 Å². The molecule has 4 aromatic rings. The first-order valence-electron chi connectivity index (χ1n) is 11.9. The third-order valence-electron chi connectivity index (χ3n) is 6.59. The minimum absolute atomic E-state index is 0.212. The summed E-state index contributed by atoms with van der Waals surface area (Å²) < 4.78 is 26.6. The smallest absolute Gasteiger partial charge is 0.173 e. The highest BCUT2D eigenvalue weighted by Gasteiger charge is 2.33. The van der Waals surface area contributed by atoms with Crippen molar-refractivity contribution in [3.8, 4) is 11.5 Å². The number of tetrazole rings is 1. The number of benzene rings is 3. The van der Waals surface area contributed by atoms with Gasteiger partial charge >= 0.3 is 0 Å². The minimum Gasteiger partial charge on any atom is -0.496 e. The Morgan fingerprint density at radius 1 is 0.833 bits per heavy atom. The summed E-state index contributed by atoms with van der Waals surface area (Å²) in [5, 5.41) is 12.8. The average molecular weight is 489 g/mol. The Labute approximate surface area is 209 Å². The van der Waals surface area contributed by atoms with Crippen LogP contribution in [-0.2, 0) is 6.54 Å². The summed E-state index contributed by atoms with van der Waals surface area (Å²) in [7, 11) is 3.38. The lowest BCUT2D eigenvalue weighted by molar-refractivity contribution is 0.197. The van der Waals surface area contributed by atoms with Gasteiger partial charge in [0.15, 0.2) is 5.82 Å². The van der Waals surface area contributed by atoms with E-state index < -0.39 is 0 Å². The molecular weight excluding hydrogens is 459 g/mol. The second kappa shape index (κ2) is 10.7. The average Bonchev–Trinajstić information content (AvgIpc) is 3.38. The molecular formula is C27H29FN6O2. The number of methoxy groups -OCH3 is 2. The van der Waals surface area contributed by atoms with Gasteiger partial charge in [0.25, 0.3) is 0 Å². The Kier molecular flexibility index (Phi) is 7.08. The van der Waals surface area contributed by atoms with Gasteiger partial charge in [-0.2, -0.15) is 0 Å². The molecule has 0 spiro atoms. The van der Waals surface area contributed by atoms with E-state index in [1.54, 1.807) is 31.0 Å². The molecule has 1 saturated heterocycles. The van der Waals surface area contributed by atoms with Gasteiger partial charge < -0.3 is 14.4 Å². The lowest BCUT2D eigenvalue weighted by atomic mass is 10.0. The van der Waals surface area contributed by atoms with Crippen LogP contribution >= 0.6 is 0 Å². The fourth-order valence-electron chi connectivity index (χ4n) is 4.79. The van der Waals surface area contributed by atoms with Gasteiger partial charge in [-0.3, -0.25) is 4.90 Å². The summed E-state index contributed by atoms with van der Waals surface area (Å²) in [6.07, 6.45) is 0. The lowest BCUT2D eigenvalue weighted by Gasteiger charge is -2.40. The van der Waals surface area contributed by atoms with Crippen LogP contribution in [0.4, 0.5) is 10.1 Å². The predicted octanol–water partition coefficient (Wildman–Crippen LogP) is 3.79. The Bertz CT molecular complexity index is 1290. The standard InChI is InChI=1S/C27H29FN6O2/c1-35-24-9-5-3-7-22(24)26(27-29-30-31-34(27)19-20-11-13-21(28)14-12-20)33-17-15-32(16-18-33)23-8-4-6-10-25(23)36-2/h3-14,26H,15-19H2,1-2H3/t26-/m0/s1. The molecule has 0 unspecified atom stereocenters. The first kappa shape index (κ1) is 23.7. The molecule has 5 rings (SSSR count). The summed E-state index contributed by atoms with van der Waals surface area (Å²) in [4.78, 5) is 4.73. The maximum Gasteiger partial charge on any atom is 0.173 e. The highest BCUT2D eigenvalue weighted by molar-refractivity contribution is 5.58. The maximum absolute atomic E-state index is 13.4. The fraction of sp³-hybridized carbons (Fsp3) is 0.296. The molecule has 0 bridgehead atoms. The summed E-state index contributed by atoms with van der Waals surface area (Å²) in [6, 6.07) is 22.3. The molecule has 0 N–H and O–H groups in total. The maximum atomic E-state index is 13.4. The number of hydrogen-bond acceptors (Lipinski definition) is 7. The van der Waals surface area contributed by atoms with E-state index in [0.717, 1.165) is 60.3 Å². The molecule has 1 atom stereocenters. The molecule has 8 nitrogen and oxygen atoms in total. The molecule has 3 aromatic carbocycles. The molecule has 0 aliphatic carbocycles. The summed E-state index contributed by atoms with van der Waals surface area (Å²) in [6.45, 7) is 3.68. The molecule has 0 amide bonds. The molecule has 0 radical (unpaired) electrons. The zero-order chi connectivity index (χ0) is 24.9. The summed E-state index contributed by atoms with van der Waals surface area (Å²) >= 11 is 0. The normalized spacial score (nSPS) is 15.0. The van der Waals surface area contributed by atoms with Crippen molar-refractivity contribution in [2.24, 2.45) is 0 Å². The van der Waals surface area contributed by atoms with Crippen molar-refractivity contribution in [1.82, 2.24) is 25.1 Å². The van der Waals surface area contributed by atoms with E-state index in [4.69, 9.17) is 9.47 Å². The molecule has 0 saturated carbocycles. The van der Waals surface area contributed by atoms with E-state index in [1.807, 2.05) is 36.4 Å². The van der Waals surface area contributed by atoms with Gasteiger partial charge in [0, 0.05) is 31.7 Å². The van der Waals surface area contributed by atoms with Gasteiger partial charge in [0.2, 0.25) is 0 Å². The Morgan fingerprint density at radius 2 is 1.50 bits per heavy atom. The number of anilines is 1. The molecule has 1 aromatic heterocycles. The van der Waals surface area contributed by atoms with Crippen molar-refractivity contribution in [3.63, 3.8) is 0 Å². The van der Waals surface area contributed by atoms with Crippen LogP contribution in [0.1, 0.15) is 23.0 Å². The highest BCUT2D eigenvalue weighted by atomic mass is 19.1. The van der Waals surface area contributed by atoms with Gasteiger partial charge in [-0.25, -0.2) is 9.07 Å². The summed E-state index contributed by atoms with van der Waals surface area (Å²) in [5.74, 6) is 2.10. The second-order valence-electron chi connectivity index (χ2n) is 8.66. The number of nitrogens with zero attached hydrogens (tertiary/aromatic N) is 6. The van der Waals surface area contributed by atoms with E-state index in [0.29, 0.717) is 6.54 Å². The van der Waals surface area contributed by atoms with E-state index >= 15 is 0 Å². The van der Waals surface area contributed by atoms with E-state index in [-0.39, 0.29) is 11.9 Å². The van der Waals surface area contributed by atoms with Crippen molar-refractivity contribution < 1.29 is 13.9 Å². The molecule has 1 aliphatic heterocycles. The number of hydrogen-bond donors (Lipinski definition) is 0.